The summed E-state index contributed by atoms with van der Waals surface area (Å²) in [5.41, 5.74) is 0.901. The Hall–Kier alpha value is -1.84. The van der Waals surface area contributed by atoms with Crippen molar-refractivity contribution in [1.82, 2.24) is 4.90 Å². The fourth-order valence-corrected chi connectivity index (χ4v) is 2.30. The van der Waals surface area contributed by atoms with E-state index in [0.29, 0.717) is 6.54 Å². The van der Waals surface area contributed by atoms with Crippen LogP contribution in [-0.4, -0.2) is 36.9 Å². The molecule has 0 bridgehead atoms. The summed E-state index contributed by atoms with van der Waals surface area (Å²) >= 11 is 0. The molecular formula is C15H21N3O. The van der Waals surface area contributed by atoms with E-state index in [1.165, 1.54) is 6.42 Å². The molecule has 2 amide bonds. The number of piperidine rings is 1. The molecule has 0 aromatic heterocycles. The van der Waals surface area contributed by atoms with Crippen LogP contribution in [0.2, 0.25) is 0 Å². The normalized spacial score (nSPS) is 17.6. The topological polar surface area (TPSA) is 35.9 Å². The number of para-hydroxylation sites is 1. The quantitative estimate of drug-likeness (QED) is 0.818. The monoisotopic (exact) mass is 259 g/mol. The molecule has 1 aromatic carbocycles. The van der Waals surface area contributed by atoms with Crippen molar-refractivity contribution in [3.63, 3.8) is 0 Å². The van der Waals surface area contributed by atoms with Crippen molar-refractivity contribution in [3.05, 3.63) is 30.3 Å². The van der Waals surface area contributed by atoms with Crippen LogP contribution in [0.4, 0.5) is 10.5 Å². The van der Waals surface area contributed by atoms with E-state index in [0.717, 1.165) is 30.9 Å². The van der Waals surface area contributed by atoms with Crippen LogP contribution >= 0.6 is 0 Å². The molecule has 1 aliphatic heterocycles. The molecule has 0 spiro atoms. The molecular weight excluding hydrogens is 238 g/mol. The van der Waals surface area contributed by atoms with Crippen molar-refractivity contribution in [2.75, 3.05) is 25.0 Å². The van der Waals surface area contributed by atoms with Crippen molar-refractivity contribution in [2.45, 2.75) is 26.2 Å². The maximum atomic E-state index is 12.3. The summed E-state index contributed by atoms with van der Waals surface area (Å²) in [7, 11) is 2.00. The summed E-state index contributed by atoms with van der Waals surface area (Å²) < 4.78 is 0. The Balaban J connectivity index is 2.15. The largest absolute Gasteiger partial charge is 0.363 e. The SMILES string of the molecule is CCN(C(=O)N=C1CCCCN1C)c1ccccc1. The molecule has 0 saturated carbocycles. The van der Waals surface area contributed by atoms with Crippen LogP contribution in [0.5, 0.6) is 0 Å². The number of carbonyl (C=O) groups excluding carboxylic acids is 1. The number of amidine groups is 1. The number of benzene rings is 1. The predicted octanol–water partition coefficient (Wildman–Crippen LogP) is 3.15. The molecule has 4 nitrogen and oxygen atoms in total. The van der Waals surface area contributed by atoms with Gasteiger partial charge in [0.15, 0.2) is 0 Å². The fraction of sp³-hybridized carbons (Fsp3) is 0.467. The molecule has 0 atom stereocenters. The van der Waals surface area contributed by atoms with Crippen molar-refractivity contribution >= 4 is 17.6 Å². The molecule has 102 valence electrons. The highest BCUT2D eigenvalue weighted by Gasteiger charge is 2.17. The molecule has 1 aliphatic rings. The number of rotatable bonds is 2. The predicted molar refractivity (Wildman–Crippen MR) is 78.8 cm³/mol. The highest BCUT2D eigenvalue weighted by molar-refractivity contribution is 6.01. The average molecular weight is 259 g/mol. The molecule has 1 fully saturated rings. The third kappa shape index (κ3) is 3.34. The van der Waals surface area contributed by atoms with E-state index in [1.807, 2.05) is 44.3 Å². The first-order chi connectivity index (χ1) is 9.22. The van der Waals surface area contributed by atoms with Gasteiger partial charge in [0.2, 0.25) is 0 Å². The van der Waals surface area contributed by atoms with Gasteiger partial charge in [0.1, 0.15) is 5.84 Å². The zero-order valence-electron chi connectivity index (χ0n) is 11.7. The first kappa shape index (κ1) is 13.6. The molecule has 1 aromatic rings. The summed E-state index contributed by atoms with van der Waals surface area (Å²) in [6.07, 6.45) is 3.20. The first-order valence-electron chi connectivity index (χ1n) is 6.87. The van der Waals surface area contributed by atoms with Crippen LogP contribution < -0.4 is 4.90 Å². The maximum absolute atomic E-state index is 12.3. The van der Waals surface area contributed by atoms with Crippen molar-refractivity contribution in [3.8, 4) is 0 Å². The molecule has 0 N–H and O–H groups in total. The lowest BCUT2D eigenvalue weighted by Crippen LogP contribution is -2.35. The standard InChI is InChI=1S/C15H21N3O/c1-3-18(13-9-5-4-6-10-13)15(19)16-14-11-7-8-12-17(14)2/h4-6,9-10H,3,7-8,11-12H2,1-2H3. The van der Waals surface area contributed by atoms with E-state index in [2.05, 4.69) is 9.89 Å². The molecule has 1 heterocycles. The highest BCUT2D eigenvalue weighted by atomic mass is 16.2. The molecule has 19 heavy (non-hydrogen) atoms. The van der Waals surface area contributed by atoms with E-state index in [1.54, 1.807) is 4.90 Å². The maximum Gasteiger partial charge on any atom is 0.349 e. The number of likely N-dealkylation sites (tertiary alicyclic amines) is 1. The van der Waals surface area contributed by atoms with Gasteiger partial charge in [-0.3, -0.25) is 4.90 Å². The van der Waals surface area contributed by atoms with E-state index < -0.39 is 0 Å². The smallest absolute Gasteiger partial charge is 0.349 e. The van der Waals surface area contributed by atoms with E-state index in [-0.39, 0.29) is 6.03 Å². The van der Waals surface area contributed by atoms with Crippen LogP contribution in [0.1, 0.15) is 26.2 Å². The van der Waals surface area contributed by atoms with E-state index in [9.17, 15) is 4.79 Å². The Morgan fingerprint density at radius 1 is 1.32 bits per heavy atom. The summed E-state index contributed by atoms with van der Waals surface area (Å²) in [4.78, 5) is 20.4. The van der Waals surface area contributed by atoms with E-state index >= 15 is 0 Å². The van der Waals surface area contributed by atoms with Crippen molar-refractivity contribution in [1.29, 1.82) is 0 Å². The Morgan fingerprint density at radius 3 is 2.68 bits per heavy atom. The number of aliphatic imine (C=N–C) groups is 1. The van der Waals surface area contributed by atoms with Crippen molar-refractivity contribution in [2.24, 2.45) is 4.99 Å². The molecule has 0 unspecified atom stereocenters. The van der Waals surface area contributed by atoms with Gasteiger partial charge in [-0.05, 0) is 31.9 Å². The van der Waals surface area contributed by atoms with Gasteiger partial charge in [0.25, 0.3) is 0 Å². The second-order valence-electron chi connectivity index (χ2n) is 4.77. The van der Waals surface area contributed by atoms with Crippen LogP contribution in [0.25, 0.3) is 0 Å². The number of hydrogen-bond acceptors (Lipinski definition) is 1. The number of anilines is 1. The zero-order chi connectivity index (χ0) is 13.7. The Bertz CT molecular complexity index is 456. The molecule has 0 aliphatic carbocycles. The van der Waals surface area contributed by atoms with Gasteiger partial charge in [-0.1, -0.05) is 18.2 Å². The second-order valence-corrected chi connectivity index (χ2v) is 4.77. The zero-order valence-corrected chi connectivity index (χ0v) is 11.7. The number of urea groups is 1. The van der Waals surface area contributed by atoms with Gasteiger partial charge in [0.05, 0.1) is 0 Å². The highest BCUT2D eigenvalue weighted by Crippen LogP contribution is 2.16. The molecule has 0 radical (unpaired) electrons. The Morgan fingerprint density at radius 2 is 2.05 bits per heavy atom. The molecule has 2 rings (SSSR count). The van der Waals surface area contributed by atoms with Gasteiger partial charge >= 0.3 is 6.03 Å². The summed E-state index contributed by atoms with van der Waals surface area (Å²) in [5.74, 6) is 0.908. The lowest BCUT2D eigenvalue weighted by Gasteiger charge is -2.27. The number of hydrogen-bond donors (Lipinski definition) is 0. The third-order valence-electron chi connectivity index (χ3n) is 3.42. The minimum atomic E-state index is -0.169. The van der Waals surface area contributed by atoms with Crippen LogP contribution in [-0.2, 0) is 0 Å². The third-order valence-corrected chi connectivity index (χ3v) is 3.42. The lowest BCUT2D eigenvalue weighted by molar-refractivity contribution is 0.254. The minimum Gasteiger partial charge on any atom is -0.363 e. The average Bonchev–Trinajstić information content (AvgIpc) is 2.43. The number of amides is 2. The number of carbonyl (C=O) groups is 1. The first-order valence-corrected chi connectivity index (χ1v) is 6.87. The van der Waals surface area contributed by atoms with Gasteiger partial charge < -0.3 is 4.90 Å². The van der Waals surface area contributed by atoms with Gasteiger partial charge in [-0.15, -0.1) is 0 Å². The van der Waals surface area contributed by atoms with Crippen molar-refractivity contribution < 1.29 is 4.79 Å². The Labute approximate surface area is 114 Å². The van der Waals surface area contributed by atoms with Crippen LogP contribution in [0, 0.1) is 0 Å². The van der Waals surface area contributed by atoms with E-state index in [4.69, 9.17) is 0 Å². The molecule has 4 heteroatoms. The lowest BCUT2D eigenvalue weighted by atomic mass is 10.1. The van der Waals surface area contributed by atoms with Gasteiger partial charge in [-0.2, -0.15) is 4.99 Å². The summed E-state index contributed by atoms with van der Waals surface area (Å²) in [6, 6.07) is 9.52. The second kappa shape index (κ2) is 6.36. The fourth-order valence-electron chi connectivity index (χ4n) is 2.30. The summed E-state index contributed by atoms with van der Waals surface area (Å²) in [5, 5.41) is 0. The minimum absolute atomic E-state index is 0.169. The van der Waals surface area contributed by atoms with Gasteiger partial charge in [-0.25, -0.2) is 4.79 Å². The van der Waals surface area contributed by atoms with Crippen LogP contribution in [0.3, 0.4) is 0 Å². The van der Waals surface area contributed by atoms with Crippen LogP contribution in [0.15, 0.2) is 35.3 Å². The van der Waals surface area contributed by atoms with Gasteiger partial charge in [0, 0.05) is 32.2 Å². The number of nitrogens with zero attached hydrogens (tertiary/aromatic N) is 3. The summed E-state index contributed by atoms with van der Waals surface area (Å²) in [6.45, 7) is 3.59. The Kier molecular flexibility index (Phi) is 4.55. The molecule has 1 saturated heterocycles.